The highest BCUT2D eigenvalue weighted by Gasteiger charge is 2.28. The number of amides is 1. The van der Waals surface area contributed by atoms with Crippen LogP contribution in [0.2, 0.25) is 0 Å². The molecule has 0 N–H and O–H groups in total. The van der Waals surface area contributed by atoms with Gasteiger partial charge in [0.15, 0.2) is 4.80 Å². The molecular formula is C23H26FN3O4S2. The molecule has 0 aliphatic carbocycles. The van der Waals surface area contributed by atoms with Crippen LogP contribution in [0, 0.1) is 11.7 Å². The van der Waals surface area contributed by atoms with Gasteiger partial charge in [0.25, 0.3) is 5.91 Å². The summed E-state index contributed by atoms with van der Waals surface area (Å²) in [6.07, 6.45) is 1.69. The lowest BCUT2D eigenvalue weighted by molar-refractivity contribution is 0.0997. The summed E-state index contributed by atoms with van der Waals surface area (Å²) in [6, 6.07) is 10.3. The summed E-state index contributed by atoms with van der Waals surface area (Å²) >= 11 is 1.22. The van der Waals surface area contributed by atoms with Crippen LogP contribution in [0.4, 0.5) is 4.39 Å². The third-order valence-corrected chi connectivity index (χ3v) is 8.80. The molecule has 2 heterocycles. The van der Waals surface area contributed by atoms with Crippen LogP contribution in [-0.4, -0.2) is 50.0 Å². The van der Waals surface area contributed by atoms with Gasteiger partial charge in [-0.25, -0.2) is 12.8 Å². The van der Waals surface area contributed by atoms with E-state index in [4.69, 9.17) is 4.74 Å². The minimum absolute atomic E-state index is 0.168. The summed E-state index contributed by atoms with van der Waals surface area (Å²) in [5, 5.41) is 0. The van der Waals surface area contributed by atoms with Crippen molar-refractivity contribution in [2.75, 3.05) is 26.8 Å². The minimum atomic E-state index is -3.59. The molecule has 0 unspecified atom stereocenters. The fourth-order valence-corrected chi connectivity index (χ4v) is 6.38. The number of methoxy groups -OCH3 is 1. The molecule has 1 saturated heterocycles. The Morgan fingerprint density at radius 1 is 1.18 bits per heavy atom. The second-order valence-electron chi connectivity index (χ2n) is 8.17. The maximum atomic E-state index is 13.7. The summed E-state index contributed by atoms with van der Waals surface area (Å²) in [6.45, 7) is 4.01. The van der Waals surface area contributed by atoms with Gasteiger partial charge in [0.1, 0.15) is 5.82 Å². The molecule has 0 atom stereocenters. The molecule has 1 aliphatic heterocycles. The maximum absolute atomic E-state index is 13.7. The first-order chi connectivity index (χ1) is 15.8. The largest absolute Gasteiger partial charge is 0.383 e. The van der Waals surface area contributed by atoms with Crippen molar-refractivity contribution >= 4 is 37.5 Å². The van der Waals surface area contributed by atoms with E-state index in [9.17, 15) is 17.6 Å². The number of carbonyl (C=O) groups excluding carboxylic acids is 1. The highest BCUT2D eigenvalue weighted by atomic mass is 32.2. The number of carbonyl (C=O) groups is 1. The molecule has 7 nitrogen and oxygen atoms in total. The van der Waals surface area contributed by atoms with Gasteiger partial charge in [0, 0.05) is 32.3 Å². The first kappa shape index (κ1) is 23.7. The monoisotopic (exact) mass is 491 g/mol. The van der Waals surface area contributed by atoms with Gasteiger partial charge < -0.3 is 9.30 Å². The second kappa shape index (κ2) is 9.84. The third-order valence-electron chi connectivity index (χ3n) is 5.84. The van der Waals surface area contributed by atoms with E-state index in [1.54, 1.807) is 13.2 Å². The normalized spacial score (nSPS) is 16.5. The Balaban J connectivity index is 1.62. The van der Waals surface area contributed by atoms with Gasteiger partial charge in [0.2, 0.25) is 10.0 Å². The quantitative estimate of drug-likeness (QED) is 0.527. The molecule has 1 aromatic heterocycles. The number of rotatable bonds is 6. The molecule has 4 rings (SSSR count). The Kier molecular flexibility index (Phi) is 7.08. The smallest absolute Gasteiger partial charge is 0.279 e. The predicted octanol–water partition coefficient (Wildman–Crippen LogP) is 3.65. The fourth-order valence-electron chi connectivity index (χ4n) is 3.83. The first-order valence-corrected chi connectivity index (χ1v) is 13.0. The topological polar surface area (TPSA) is 81.0 Å². The number of aromatic nitrogens is 1. The standard InChI is InChI=1S/C23H26FN3O4S2/c1-16-9-11-26(12-10-16)33(29,30)19-6-3-17(4-7-19)22(28)25-23-27(13-14-31-2)20-8-5-18(24)15-21(20)32-23/h3-8,15-16H,9-14H2,1-2H3. The van der Waals surface area contributed by atoms with Gasteiger partial charge in [0.05, 0.1) is 21.7 Å². The number of halogens is 1. The van der Waals surface area contributed by atoms with Crippen LogP contribution in [-0.2, 0) is 21.3 Å². The second-order valence-corrected chi connectivity index (χ2v) is 11.1. The molecular weight excluding hydrogens is 465 g/mol. The zero-order valence-corrected chi connectivity index (χ0v) is 20.2. The van der Waals surface area contributed by atoms with Gasteiger partial charge in [-0.3, -0.25) is 4.79 Å². The van der Waals surface area contributed by atoms with Crippen molar-refractivity contribution < 1.29 is 22.3 Å². The molecule has 1 aliphatic rings. The molecule has 0 bridgehead atoms. The Morgan fingerprint density at radius 3 is 2.55 bits per heavy atom. The van der Waals surface area contributed by atoms with E-state index in [0.717, 1.165) is 18.4 Å². The predicted molar refractivity (Wildman–Crippen MR) is 125 cm³/mol. The van der Waals surface area contributed by atoms with Gasteiger partial charge in [-0.2, -0.15) is 9.30 Å². The zero-order valence-electron chi connectivity index (χ0n) is 18.5. The molecule has 33 heavy (non-hydrogen) atoms. The molecule has 2 aromatic carbocycles. The number of hydrogen-bond acceptors (Lipinski definition) is 5. The van der Waals surface area contributed by atoms with Gasteiger partial charge >= 0.3 is 0 Å². The van der Waals surface area contributed by atoms with Crippen LogP contribution in [0.3, 0.4) is 0 Å². The Labute approximate surface area is 196 Å². The van der Waals surface area contributed by atoms with Crippen molar-refractivity contribution in [1.29, 1.82) is 0 Å². The van der Waals surface area contributed by atoms with E-state index in [1.165, 1.54) is 52.0 Å². The summed E-state index contributed by atoms with van der Waals surface area (Å²) in [5.74, 6) is -0.334. The van der Waals surface area contributed by atoms with Crippen LogP contribution < -0.4 is 4.80 Å². The number of thiazole rings is 1. The fraction of sp³-hybridized carbons (Fsp3) is 0.391. The SMILES string of the molecule is COCCn1c(=NC(=O)c2ccc(S(=O)(=O)N3CCC(C)CC3)cc2)sc2cc(F)ccc21. The van der Waals surface area contributed by atoms with E-state index in [0.29, 0.717) is 41.7 Å². The molecule has 1 amide bonds. The van der Waals surface area contributed by atoms with E-state index >= 15 is 0 Å². The van der Waals surface area contributed by atoms with Crippen molar-refractivity contribution in [2.45, 2.75) is 31.2 Å². The highest BCUT2D eigenvalue weighted by Crippen LogP contribution is 2.24. The number of sulfonamides is 1. The molecule has 3 aromatic rings. The van der Waals surface area contributed by atoms with Crippen LogP contribution in [0.15, 0.2) is 52.4 Å². The van der Waals surface area contributed by atoms with Crippen LogP contribution in [0.1, 0.15) is 30.1 Å². The lowest BCUT2D eigenvalue weighted by Gasteiger charge is -2.29. The molecule has 0 radical (unpaired) electrons. The van der Waals surface area contributed by atoms with Crippen LogP contribution in [0.25, 0.3) is 10.2 Å². The van der Waals surface area contributed by atoms with Crippen molar-refractivity contribution in [1.82, 2.24) is 8.87 Å². The number of nitrogens with zero attached hydrogens (tertiary/aromatic N) is 3. The van der Waals surface area contributed by atoms with Gasteiger partial charge in [-0.05, 0) is 61.2 Å². The third kappa shape index (κ3) is 5.08. The van der Waals surface area contributed by atoms with Crippen molar-refractivity contribution in [3.05, 3.63) is 58.6 Å². The lowest BCUT2D eigenvalue weighted by atomic mass is 10.0. The lowest BCUT2D eigenvalue weighted by Crippen LogP contribution is -2.37. The van der Waals surface area contributed by atoms with Crippen molar-refractivity contribution in [3.8, 4) is 0 Å². The average molecular weight is 492 g/mol. The van der Waals surface area contributed by atoms with Crippen LogP contribution in [0.5, 0.6) is 0 Å². The average Bonchev–Trinajstić information content (AvgIpc) is 3.13. The number of piperidine rings is 1. The van der Waals surface area contributed by atoms with E-state index in [2.05, 4.69) is 11.9 Å². The summed E-state index contributed by atoms with van der Waals surface area (Å²) < 4.78 is 48.6. The number of fused-ring (bicyclic) bond motifs is 1. The van der Waals surface area contributed by atoms with Gasteiger partial charge in [-0.15, -0.1) is 0 Å². The van der Waals surface area contributed by atoms with E-state index < -0.39 is 15.9 Å². The Hall–Kier alpha value is -2.40. The summed E-state index contributed by atoms with van der Waals surface area (Å²) in [7, 11) is -2.01. The zero-order chi connectivity index (χ0) is 23.6. The Bertz CT molecular complexity index is 1320. The number of hydrogen-bond donors (Lipinski definition) is 0. The van der Waals surface area contributed by atoms with E-state index in [-0.39, 0.29) is 16.3 Å². The van der Waals surface area contributed by atoms with E-state index in [1.807, 2.05) is 4.57 Å². The Morgan fingerprint density at radius 2 is 1.88 bits per heavy atom. The number of ether oxygens (including phenoxy) is 1. The van der Waals surface area contributed by atoms with Crippen LogP contribution >= 0.6 is 11.3 Å². The molecule has 1 fully saturated rings. The number of benzene rings is 2. The van der Waals surface area contributed by atoms with Crippen molar-refractivity contribution in [2.24, 2.45) is 10.9 Å². The molecule has 0 saturated carbocycles. The molecule has 10 heteroatoms. The maximum Gasteiger partial charge on any atom is 0.279 e. The minimum Gasteiger partial charge on any atom is -0.383 e. The first-order valence-electron chi connectivity index (χ1n) is 10.8. The molecule has 0 spiro atoms. The summed E-state index contributed by atoms with van der Waals surface area (Å²) in [5.41, 5.74) is 1.05. The summed E-state index contributed by atoms with van der Waals surface area (Å²) in [4.78, 5) is 17.7. The highest BCUT2D eigenvalue weighted by molar-refractivity contribution is 7.89. The van der Waals surface area contributed by atoms with Gasteiger partial charge in [-0.1, -0.05) is 18.3 Å². The van der Waals surface area contributed by atoms with Crippen molar-refractivity contribution in [3.63, 3.8) is 0 Å². The molecule has 176 valence electrons.